The van der Waals surface area contributed by atoms with Crippen molar-refractivity contribution in [1.29, 1.82) is 0 Å². The number of carbonyl (C=O) groups is 2. The summed E-state index contributed by atoms with van der Waals surface area (Å²) in [7, 11) is 3.17. The van der Waals surface area contributed by atoms with Gasteiger partial charge in [-0.3, -0.25) is 4.79 Å². The Labute approximate surface area is 182 Å². The van der Waals surface area contributed by atoms with Gasteiger partial charge in [-0.05, 0) is 31.6 Å². The Kier molecular flexibility index (Phi) is 7.48. The van der Waals surface area contributed by atoms with Gasteiger partial charge in [-0.15, -0.1) is 0 Å². The van der Waals surface area contributed by atoms with Crippen molar-refractivity contribution < 1.29 is 23.8 Å². The molecule has 1 aliphatic heterocycles. The molecule has 1 aromatic rings. The smallest absolute Gasteiger partial charge is 0.336 e. The number of nitrogens with one attached hydrogen (secondary N) is 1. The number of thioether (sulfide) groups is 1. The lowest BCUT2D eigenvalue weighted by atomic mass is 9.75. The maximum atomic E-state index is 13.1. The van der Waals surface area contributed by atoms with Gasteiger partial charge in [-0.2, -0.15) is 11.8 Å². The molecule has 0 saturated carbocycles. The summed E-state index contributed by atoms with van der Waals surface area (Å²) < 4.78 is 16.5. The molecule has 1 N–H and O–H groups in total. The topological polar surface area (TPSA) is 73.9 Å². The molecule has 1 heterocycles. The van der Waals surface area contributed by atoms with E-state index >= 15 is 0 Å². The summed E-state index contributed by atoms with van der Waals surface area (Å²) in [6.07, 6.45) is 2.06. The fraction of sp³-hybridized carbons (Fsp3) is 0.478. The number of hydrogen-bond acceptors (Lipinski definition) is 7. The lowest BCUT2D eigenvalue weighted by Gasteiger charge is -2.34. The first-order valence-corrected chi connectivity index (χ1v) is 11.4. The number of allylic oxidation sites excluding steroid dienone is 3. The number of ether oxygens (including phenoxy) is 3. The summed E-state index contributed by atoms with van der Waals surface area (Å²) in [6, 6.07) is 5.47. The fourth-order valence-electron chi connectivity index (χ4n) is 4.04. The number of rotatable bonds is 8. The average molecular weight is 432 g/mol. The van der Waals surface area contributed by atoms with Gasteiger partial charge in [0.25, 0.3) is 0 Å². The van der Waals surface area contributed by atoms with Crippen LogP contribution in [0.5, 0.6) is 11.5 Å². The summed E-state index contributed by atoms with van der Waals surface area (Å²) >= 11 is 1.72. The van der Waals surface area contributed by atoms with Gasteiger partial charge >= 0.3 is 5.97 Å². The molecule has 0 saturated heterocycles. The van der Waals surface area contributed by atoms with E-state index in [0.29, 0.717) is 35.7 Å². The first kappa shape index (κ1) is 22.3. The Bertz CT molecular complexity index is 890. The summed E-state index contributed by atoms with van der Waals surface area (Å²) in [4.78, 5) is 26.1. The Morgan fingerprint density at radius 3 is 2.73 bits per heavy atom. The zero-order valence-electron chi connectivity index (χ0n) is 18.0. The van der Waals surface area contributed by atoms with Gasteiger partial charge < -0.3 is 19.5 Å². The Hall–Kier alpha value is -2.41. The number of dihydropyridines is 1. The van der Waals surface area contributed by atoms with E-state index in [9.17, 15) is 9.59 Å². The normalized spacial score (nSPS) is 18.7. The molecular weight excluding hydrogens is 402 g/mol. The molecule has 1 atom stereocenters. The number of ketones is 1. The predicted molar refractivity (Wildman–Crippen MR) is 118 cm³/mol. The fourth-order valence-corrected chi connectivity index (χ4v) is 4.53. The highest BCUT2D eigenvalue weighted by atomic mass is 32.2. The van der Waals surface area contributed by atoms with Crippen LogP contribution in [0, 0.1) is 0 Å². The van der Waals surface area contributed by atoms with Crippen LogP contribution in [0.25, 0.3) is 0 Å². The van der Waals surface area contributed by atoms with Crippen molar-refractivity contribution in [3.63, 3.8) is 0 Å². The van der Waals surface area contributed by atoms with Crippen molar-refractivity contribution in [2.45, 2.75) is 39.0 Å². The van der Waals surface area contributed by atoms with Crippen LogP contribution in [-0.4, -0.2) is 44.1 Å². The van der Waals surface area contributed by atoms with Crippen LogP contribution < -0.4 is 14.8 Å². The lowest BCUT2D eigenvalue weighted by molar-refractivity contribution is -0.138. The predicted octanol–water partition coefficient (Wildman–Crippen LogP) is 3.97. The first-order valence-electron chi connectivity index (χ1n) is 10.2. The molecule has 7 heteroatoms. The molecule has 0 amide bonds. The summed E-state index contributed by atoms with van der Waals surface area (Å²) in [5.74, 6) is 2.07. The molecule has 0 bridgehead atoms. The second kappa shape index (κ2) is 10.1. The summed E-state index contributed by atoms with van der Waals surface area (Å²) in [5.41, 5.74) is 3.49. The van der Waals surface area contributed by atoms with Crippen LogP contribution in [0.3, 0.4) is 0 Å². The van der Waals surface area contributed by atoms with Gasteiger partial charge in [0.2, 0.25) is 0 Å². The van der Waals surface area contributed by atoms with E-state index in [0.717, 1.165) is 41.3 Å². The lowest BCUT2D eigenvalue weighted by Crippen LogP contribution is -2.34. The molecule has 0 spiro atoms. The van der Waals surface area contributed by atoms with Gasteiger partial charge in [0, 0.05) is 40.8 Å². The molecule has 0 radical (unpaired) electrons. The van der Waals surface area contributed by atoms with Crippen molar-refractivity contribution in [2.75, 3.05) is 32.3 Å². The van der Waals surface area contributed by atoms with Crippen molar-refractivity contribution in [2.24, 2.45) is 0 Å². The molecule has 0 fully saturated rings. The number of esters is 1. The third-order valence-corrected chi connectivity index (χ3v) is 6.28. The highest BCUT2D eigenvalue weighted by molar-refractivity contribution is 7.99. The van der Waals surface area contributed by atoms with Crippen LogP contribution in [0.1, 0.15) is 44.6 Å². The van der Waals surface area contributed by atoms with E-state index in [1.807, 2.05) is 19.1 Å². The quantitative estimate of drug-likeness (QED) is 0.493. The Morgan fingerprint density at radius 2 is 2.03 bits per heavy atom. The SMILES string of the molecule is CCSCCOC(=O)C1=C(C)NC2=C(C(=O)CCC2)[C@H]1c1ccc(OC)cc1OC. The van der Waals surface area contributed by atoms with Crippen LogP contribution >= 0.6 is 11.8 Å². The molecule has 3 rings (SSSR count). The molecule has 1 aliphatic carbocycles. The minimum atomic E-state index is -0.527. The highest BCUT2D eigenvalue weighted by Crippen LogP contribution is 2.45. The zero-order valence-corrected chi connectivity index (χ0v) is 18.8. The molecule has 2 aliphatic rings. The average Bonchev–Trinajstić information content (AvgIpc) is 2.75. The van der Waals surface area contributed by atoms with E-state index in [1.54, 1.807) is 32.0 Å². The van der Waals surface area contributed by atoms with Gasteiger partial charge in [-0.1, -0.05) is 13.0 Å². The van der Waals surface area contributed by atoms with Gasteiger partial charge in [-0.25, -0.2) is 4.79 Å². The summed E-state index contributed by atoms with van der Waals surface area (Å²) in [6.45, 7) is 4.27. The number of methoxy groups -OCH3 is 2. The van der Waals surface area contributed by atoms with Crippen LogP contribution in [0.4, 0.5) is 0 Å². The molecule has 1 aromatic carbocycles. The van der Waals surface area contributed by atoms with E-state index in [-0.39, 0.29) is 5.78 Å². The Balaban J connectivity index is 2.07. The van der Waals surface area contributed by atoms with Crippen LogP contribution in [0.15, 0.2) is 40.7 Å². The van der Waals surface area contributed by atoms with E-state index in [4.69, 9.17) is 14.2 Å². The third kappa shape index (κ3) is 4.51. The summed E-state index contributed by atoms with van der Waals surface area (Å²) in [5, 5.41) is 3.31. The number of benzene rings is 1. The van der Waals surface area contributed by atoms with Crippen LogP contribution in [0.2, 0.25) is 0 Å². The van der Waals surface area contributed by atoms with Crippen molar-refractivity contribution >= 4 is 23.5 Å². The number of Topliss-reactive ketones (excluding diaryl/α,β-unsaturated/α-hetero) is 1. The van der Waals surface area contributed by atoms with Crippen LogP contribution in [-0.2, 0) is 14.3 Å². The molecular formula is C23H29NO5S. The molecule has 162 valence electrons. The molecule has 0 unspecified atom stereocenters. The highest BCUT2D eigenvalue weighted by Gasteiger charge is 2.40. The zero-order chi connectivity index (χ0) is 21.7. The third-order valence-electron chi connectivity index (χ3n) is 5.41. The Morgan fingerprint density at radius 1 is 1.23 bits per heavy atom. The second-order valence-corrected chi connectivity index (χ2v) is 8.60. The minimum absolute atomic E-state index is 0.0611. The van der Waals surface area contributed by atoms with Crippen molar-refractivity contribution in [3.8, 4) is 11.5 Å². The minimum Gasteiger partial charge on any atom is -0.497 e. The van der Waals surface area contributed by atoms with Crippen molar-refractivity contribution in [3.05, 3.63) is 46.3 Å². The number of carbonyl (C=O) groups excluding carboxylic acids is 2. The monoisotopic (exact) mass is 431 g/mol. The number of hydrogen-bond donors (Lipinski definition) is 1. The van der Waals surface area contributed by atoms with Gasteiger partial charge in [0.1, 0.15) is 18.1 Å². The molecule has 30 heavy (non-hydrogen) atoms. The maximum absolute atomic E-state index is 13.1. The first-order chi connectivity index (χ1) is 14.5. The largest absolute Gasteiger partial charge is 0.497 e. The molecule has 0 aromatic heterocycles. The van der Waals surface area contributed by atoms with E-state index in [2.05, 4.69) is 12.2 Å². The van der Waals surface area contributed by atoms with Crippen molar-refractivity contribution in [1.82, 2.24) is 5.32 Å². The van der Waals surface area contributed by atoms with E-state index in [1.165, 1.54) is 0 Å². The maximum Gasteiger partial charge on any atom is 0.336 e. The van der Waals surface area contributed by atoms with Gasteiger partial charge in [0.05, 0.1) is 25.7 Å². The standard InChI is InChI=1S/C23H29NO5S/c1-5-30-12-11-29-23(26)20-14(2)24-17-7-6-8-18(25)22(17)21(20)16-10-9-15(27-3)13-19(16)28-4/h9-10,13,21,24H,5-8,11-12H2,1-4H3/t21-/m0/s1. The second-order valence-electron chi connectivity index (χ2n) is 7.21. The van der Waals surface area contributed by atoms with Gasteiger partial charge in [0.15, 0.2) is 5.78 Å². The molecule has 6 nitrogen and oxygen atoms in total. The van der Waals surface area contributed by atoms with E-state index < -0.39 is 11.9 Å².